The Morgan fingerprint density at radius 3 is 1.88 bits per heavy atom. The monoisotopic (exact) mass is 638 g/mol. The lowest BCUT2D eigenvalue weighted by Gasteiger charge is -2.54. The Labute approximate surface area is 252 Å². The van der Waals surface area contributed by atoms with Gasteiger partial charge in [0.1, 0.15) is 9.75 Å². The highest BCUT2D eigenvalue weighted by Crippen LogP contribution is 2.69. The van der Waals surface area contributed by atoms with E-state index in [0.717, 1.165) is 44.4 Å². The third kappa shape index (κ3) is 3.98. The van der Waals surface area contributed by atoms with E-state index < -0.39 is 21.6 Å². The van der Waals surface area contributed by atoms with Gasteiger partial charge in [-0.2, -0.15) is 0 Å². The molecule has 0 saturated carbocycles. The molecule has 0 radical (unpaired) electrons. The van der Waals surface area contributed by atoms with Gasteiger partial charge in [-0.15, -0.1) is 23.2 Å². The molecule has 2 bridgehead atoms. The summed E-state index contributed by atoms with van der Waals surface area (Å²) in [5.74, 6) is -2.11. The number of benzene rings is 3. The summed E-state index contributed by atoms with van der Waals surface area (Å²) in [7, 11) is 0. The Morgan fingerprint density at radius 2 is 1.38 bits per heavy atom. The maximum absolute atomic E-state index is 13.9. The van der Waals surface area contributed by atoms with Crippen LogP contribution >= 0.6 is 39.1 Å². The van der Waals surface area contributed by atoms with Crippen LogP contribution in [-0.4, -0.2) is 29.2 Å². The van der Waals surface area contributed by atoms with Gasteiger partial charge in [0, 0.05) is 23.1 Å². The highest BCUT2D eigenvalue weighted by Gasteiger charge is 2.72. The van der Waals surface area contributed by atoms with Crippen LogP contribution in [0.15, 0.2) is 71.2 Å². The van der Waals surface area contributed by atoms with Crippen LogP contribution in [0.2, 0.25) is 0 Å². The van der Waals surface area contributed by atoms with Crippen LogP contribution in [0.5, 0.6) is 0 Å². The first-order valence-electron chi connectivity index (χ1n) is 13.7. The molecular formula is C32H29BrCl2N2O3. The molecular weight excluding hydrogens is 611 g/mol. The number of nitrogens with zero attached hydrogens (tertiary/aromatic N) is 1. The molecule has 5 nitrogen and oxygen atoms in total. The number of amides is 3. The molecule has 3 aromatic rings. The van der Waals surface area contributed by atoms with Gasteiger partial charge in [0.25, 0.3) is 0 Å². The minimum absolute atomic E-state index is 0.0448. The Hall–Kier alpha value is -2.67. The molecule has 7 rings (SSSR count). The molecule has 3 aromatic carbocycles. The summed E-state index contributed by atoms with van der Waals surface area (Å²) in [5.41, 5.74) is 5.11. The molecule has 0 unspecified atom stereocenters. The number of carbonyl (C=O) groups is 3. The Balaban J connectivity index is 1.14. The molecule has 1 saturated heterocycles. The maximum Gasteiger partial charge on any atom is 0.235 e. The average molecular weight is 640 g/mol. The maximum atomic E-state index is 13.9. The summed E-state index contributed by atoms with van der Waals surface area (Å²) in [6, 6.07) is 21.1. The molecule has 206 valence electrons. The Kier molecular flexibility index (Phi) is 7.09. The van der Waals surface area contributed by atoms with E-state index in [1.807, 2.05) is 66.7 Å². The zero-order chi connectivity index (χ0) is 28.2. The van der Waals surface area contributed by atoms with E-state index in [-0.39, 0.29) is 24.3 Å². The van der Waals surface area contributed by atoms with Gasteiger partial charge in [0.2, 0.25) is 17.7 Å². The van der Waals surface area contributed by atoms with Crippen LogP contribution < -0.4 is 5.32 Å². The SMILES string of the molecule is CCc1cc(Br)ccc1NC(=O)CCCCCN1C(=O)[C@@H]2[C@@H](C1=O)C1(Cl)c3ccccc3C2(Cl)c2ccccc21. The van der Waals surface area contributed by atoms with E-state index in [9.17, 15) is 14.4 Å². The molecule has 1 aliphatic heterocycles. The third-order valence-corrected chi connectivity index (χ3v) is 10.5. The second kappa shape index (κ2) is 10.3. The molecule has 1 fully saturated rings. The van der Waals surface area contributed by atoms with Crippen molar-refractivity contribution < 1.29 is 14.4 Å². The van der Waals surface area contributed by atoms with E-state index in [4.69, 9.17) is 23.2 Å². The summed E-state index contributed by atoms with van der Waals surface area (Å²) >= 11 is 18.4. The van der Waals surface area contributed by atoms with Crippen molar-refractivity contribution in [3.05, 3.63) is 99.0 Å². The Morgan fingerprint density at radius 1 is 0.850 bits per heavy atom. The normalized spacial score (nSPS) is 25.9. The summed E-state index contributed by atoms with van der Waals surface area (Å²) in [4.78, 5) is 39.3. The predicted molar refractivity (Wildman–Crippen MR) is 160 cm³/mol. The quantitative estimate of drug-likeness (QED) is 0.162. The molecule has 1 heterocycles. The van der Waals surface area contributed by atoms with Gasteiger partial charge in [-0.25, -0.2) is 0 Å². The fraction of sp³-hybridized carbons (Fsp3) is 0.344. The number of hydrogen-bond acceptors (Lipinski definition) is 3. The van der Waals surface area contributed by atoms with E-state index in [1.54, 1.807) is 0 Å². The van der Waals surface area contributed by atoms with Crippen molar-refractivity contribution >= 4 is 62.5 Å². The molecule has 4 aliphatic rings. The van der Waals surface area contributed by atoms with Gasteiger partial charge in [0.05, 0.1) is 11.8 Å². The van der Waals surface area contributed by atoms with Crippen LogP contribution in [-0.2, 0) is 30.6 Å². The molecule has 0 spiro atoms. The minimum Gasteiger partial charge on any atom is -0.326 e. The van der Waals surface area contributed by atoms with Gasteiger partial charge in [0.15, 0.2) is 0 Å². The molecule has 3 amide bonds. The van der Waals surface area contributed by atoms with Crippen LogP contribution in [0, 0.1) is 11.8 Å². The number of hydrogen-bond donors (Lipinski definition) is 1. The lowest BCUT2D eigenvalue weighted by Crippen LogP contribution is -2.57. The van der Waals surface area contributed by atoms with Gasteiger partial charge in [-0.05, 0) is 65.3 Å². The summed E-state index contributed by atoms with van der Waals surface area (Å²) < 4.78 is 0.981. The fourth-order valence-corrected chi connectivity index (χ4v) is 8.37. The number of halogens is 3. The number of alkyl halides is 2. The lowest BCUT2D eigenvalue weighted by molar-refractivity contribution is -0.140. The van der Waals surface area contributed by atoms with Crippen molar-refractivity contribution in [2.45, 2.75) is 48.8 Å². The van der Waals surface area contributed by atoms with E-state index >= 15 is 0 Å². The number of aryl methyl sites for hydroxylation is 1. The zero-order valence-electron chi connectivity index (χ0n) is 22.1. The topological polar surface area (TPSA) is 66.5 Å². The molecule has 3 aliphatic carbocycles. The third-order valence-electron chi connectivity index (χ3n) is 8.68. The molecule has 40 heavy (non-hydrogen) atoms. The summed E-state index contributed by atoms with van der Waals surface area (Å²) in [6.45, 7) is 2.33. The number of nitrogens with one attached hydrogen (secondary N) is 1. The van der Waals surface area contributed by atoms with Crippen LogP contribution in [0.4, 0.5) is 5.69 Å². The number of carbonyl (C=O) groups excluding carboxylic acids is 3. The van der Waals surface area contributed by atoms with E-state index in [0.29, 0.717) is 25.7 Å². The van der Waals surface area contributed by atoms with Gasteiger partial charge in [-0.1, -0.05) is 77.8 Å². The van der Waals surface area contributed by atoms with Crippen molar-refractivity contribution in [1.82, 2.24) is 4.90 Å². The highest BCUT2D eigenvalue weighted by atomic mass is 79.9. The second-order valence-electron chi connectivity index (χ2n) is 10.8. The molecule has 8 heteroatoms. The number of imide groups is 1. The highest BCUT2D eigenvalue weighted by molar-refractivity contribution is 9.10. The van der Waals surface area contributed by atoms with Crippen molar-refractivity contribution in [1.29, 1.82) is 0 Å². The number of unbranched alkanes of at least 4 members (excludes halogenated alkanes) is 2. The lowest BCUT2D eigenvalue weighted by atomic mass is 9.54. The largest absolute Gasteiger partial charge is 0.326 e. The minimum atomic E-state index is -1.15. The van der Waals surface area contributed by atoms with Gasteiger partial charge < -0.3 is 5.32 Å². The van der Waals surface area contributed by atoms with Gasteiger partial charge >= 0.3 is 0 Å². The second-order valence-corrected chi connectivity index (χ2v) is 12.9. The van der Waals surface area contributed by atoms with E-state index in [2.05, 4.69) is 28.2 Å². The summed E-state index contributed by atoms with van der Waals surface area (Å²) in [6.07, 6.45) is 3.15. The number of anilines is 1. The standard InChI is InChI=1S/C32H29BrCl2N2O3/c1-2-19-18-20(33)15-16-25(19)36-26(38)14-4-3-9-17-37-29(39)27-28(30(37)40)32(35)22-11-6-5-10-21(22)31(27,34)23-12-7-8-13-24(23)32/h5-8,10-13,15-16,18,27-28H,2-4,9,14,17H2,1H3,(H,36,38)/t27-,28-,31?,32?/m0/s1. The molecule has 1 N–H and O–H groups in total. The first-order valence-corrected chi connectivity index (χ1v) is 15.3. The van der Waals surface area contributed by atoms with E-state index in [1.165, 1.54) is 4.90 Å². The van der Waals surface area contributed by atoms with Crippen molar-refractivity contribution in [2.75, 3.05) is 11.9 Å². The first-order chi connectivity index (χ1) is 19.2. The predicted octanol–water partition coefficient (Wildman–Crippen LogP) is 7.10. The van der Waals surface area contributed by atoms with Crippen LogP contribution in [0.3, 0.4) is 0 Å². The van der Waals surface area contributed by atoms with Gasteiger partial charge in [-0.3, -0.25) is 19.3 Å². The number of likely N-dealkylation sites (tertiary alicyclic amines) is 1. The average Bonchev–Trinajstić information content (AvgIpc) is 3.22. The summed E-state index contributed by atoms with van der Waals surface area (Å²) in [5, 5.41) is 3.00. The zero-order valence-corrected chi connectivity index (χ0v) is 25.2. The Bertz CT molecular complexity index is 1420. The van der Waals surface area contributed by atoms with Crippen molar-refractivity contribution in [3.63, 3.8) is 0 Å². The van der Waals surface area contributed by atoms with Crippen LogP contribution in [0.1, 0.15) is 60.4 Å². The number of rotatable bonds is 8. The van der Waals surface area contributed by atoms with Crippen molar-refractivity contribution in [2.24, 2.45) is 11.8 Å². The molecule has 0 aromatic heterocycles. The van der Waals surface area contributed by atoms with Crippen LogP contribution in [0.25, 0.3) is 0 Å². The first kappa shape index (κ1) is 27.5. The fourth-order valence-electron chi connectivity index (χ4n) is 6.87. The smallest absolute Gasteiger partial charge is 0.235 e. The molecule has 2 atom stereocenters. The van der Waals surface area contributed by atoms with Crippen molar-refractivity contribution in [3.8, 4) is 0 Å².